The molecule has 5 nitrogen and oxygen atoms in total. The van der Waals surface area contributed by atoms with E-state index in [-0.39, 0.29) is 0 Å². The van der Waals surface area contributed by atoms with E-state index >= 15 is 0 Å². The van der Waals surface area contributed by atoms with E-state index in [0.717, 1.165) is 19.1 Å². The molecule has 23 heavy (non-hydrogen) atoms. The zero-order chi connectivity index (χ0) is 16.8. The molecule has 0 saturated heterocycles. The van der Waals surface area contributed by atoms with Crippen LogP contribution in [0.2, 0.25) is 0 Å². The molecule has 0 saturated carbocycles. The summed E-state index contributed by atoms with van der Waals surface area (Å²) in [6, 6.07) is 0. The van der Waals surface area contributed by atoms with Crippen LogP contribution in [-0.2, 0) is 24.9 Å². The van der Waals surface area contributed by atoms with Gasteiger partial charge >= 0.3 is 0 Å². The molecule has 0 bridgehead atoms. The molecule has 0 heterocycles. The highest BCUT2D eigenvalue weighted by Crippen LogP contribution is 2.12. The van der Waals surface area contributed by atoms with Gasteiger partial charge in [0.2, 0.25) is 0 Å². The molecule has 0 amide bonds. The Labute approximate surface area is 142 Å². The van der Waals surface area contributed by atoms with Crippen molar-refractivity contribution in [1.29, 1.82) is 0 Å². The van der Waals surface area contributed by atoms with Crippen LogP contribution in [0.15, 0.2) is 12.8 Å². The Morgan fingerprint density at radius 3 is 1.57 bits per heavy atom. The molecule has 0 rings (SSSR count). The fourth-order valence-corrected chi connectivity index (χ4v) is 2.46. The summed E-state index contributed by atoms with van der Waals surface area (Å²) in [5.41, 5.74) is 0. The molecule has 0 aliphatic rings. The molecule has 0 radical (unpaired) electrons. The summed E-state index contributed by atoms with van der Waals surface area (Å²) >= 11 is 0. The van der Waals surface area contributed by atoms with E-state index in [1.807, 2.05) is 0 Å². The van der Waals surface area contributed by atoms with E-state index in [2.05, 4.69) is 33.5 Å². The largest absolute Gasteiger partial charge is 0.315 e. The summed E-state index contributed by atoms with van der Waals surface area (Å²) < 4.78 is 0. The Bertz CT molecular complexity index is 223. The molecule has 0 aromatic rings. The standard InChI is InChI=1S/C18H36O5/c1-3-5-6-7-8-9-10-11-12-13-14-15-16-17-18-20-22-23-21-19-4-2/h4H,2-3,5-18H2,1H3. The van der Waals surface area contributed by atoms with E-state index in [1.54, 1.807) is 0 Å². The second-order valence-electron chi connectivity index (χ2n) is 5.89. The molecule has 0 fully saturated rings. The molecular formula is C18H36O5. The minimum atomic E-state index is 0.482. The van der Waals surface area contributed by atoms with E-state index in [9.17, 15) is 0 Å². The fourth-order valence-electron chi connectivity index (χ4n) is 2.46. The highest BCUT2D eigenvalue weighted by atomic mass is 17.8. The second kappa shape index (κ2) is 21.4. The molecule has 138 valence electrons. The Morgan fingerprint density at radius 2 is 1.09 bits per heavy atom. The predicted octanol–water partition coefficient (Wildman–Crippen LogP) is 6.35. The van der Waals surface area contributed by atoms with E-state index in [1.165, 1.54) is 77.0 Å². The van der Waals surface area contributed by atoms with E-state index in [0.29, 0.717) is 6.61 Å². The van der Waals surface area contributed by atoms with Crippen molar-refractivity contribution in [3.8, 4) is 0 Å². The highest BCUT2D eigenvalue weighted by molar-refractivity contribution is 4.49. The van der Waals surface area contributed by atoms with Gasteiger partial charge in [0.1, 0.15) is 6.26 Å². The van der Waals surface area contributed by atoms with Crippen molar-refractivity contribution in [2.24, 2.45) is 0 Å². The van der Waals surface area contributed by atoms with Gasteiger partial charge in [-0.05, 0) is 11.5 Å². The SMILES string of the molecule is C=COOOOOCCCCCCCCCCCCCCCC. The molecule has 0 atom stereocenters. The molecule has 0 aliphatic heterocycles. The second-order valence-corrected chi connectivity index (χ2v) is 5.89. The molecule has 0 aromatic heterocycles. The van der Waals surface area contributed by atoms with Crippen molar-refractivity contribution in [2.45, 2.75) is 96.8 Å². The average molecular weight is 332 g/mol. The van der Waals surface area contributed by atoms with Gasteiger partial charge in [-0.3, -0.25) is 0 Å². The molecular weight excluding hydrogens is 296 g/mol. The zero-order valence-electron chi connectivity index (χ0n) is 14.9. The monoisotopic (exact) mass is 332 g/mol. The molecule has 0 aromatic carbocycles. The number of rotatable bonds is 20. The van der Waals surface area contributed by atoms with Crippen LogP contribution in [0.3, 0.4) is 0 Å². The maximum Gasteiger partial charge on any atom is 0.125 e. The van der Waals surface area contributed by atoms with Gasteiger partial charge in [0.15, 0.2) is 0 Å². The summed E-state index contributed by atoms with van der Waals surface area (Å²) in [7, 11) is 0. The minimum absolute atomic E-state index is 0.482. The minimum Gasteiger partial charge on any atom is -0.315 e. The van der Waals surface area contributed by atoms with Gasteiger partial charge in [-0.15, -0.1) is 0 Å². The first-order valence-electron chi connectivity index (χ1n) is 9.31. The molecule has 0 unspecified atom stereocenters. The van der Waals surface area contributed by atoms with Crippen molar-refractivity contribution in [2.75, 3.05) is 6.61 Å². The third-order valence-electron chi connectivity index (χ3n) is 3.79. The van der Waals surface area contributed by atoms with Gasteiger partial charge in [-0.1, -0.05) is 97.0 Å². The van der Waals surface area contributed by atoms with Crippen LogP contribution >= 0.6 is 0 Å². The van der Waals surface area contributed by atoms with Gasteiger partial charge in [-0.25, -0.2) is 4.89 Å². The average Bonchev–Trinajstić information content (AvgIpc) is 2.57. The van der Waals surface area contributed by atoms with Crippen molar-refractivity contribution < 1.29 is 24.9 Å². The van der Waals surface area contributed by atoms with Crippen molar-refractivity contribution in [1.82, 2.24) is 0 Å². The highest BCUT2D eigenvalue weighted by Gasteiger charge is 1.95. The molecule has 0 aliphatic carbocycles. The summed E-state index contributed by atoms with van der Waals surface area (Å²) in [5.74, 6) is 0. The summed E-state index contributed by atoms with van der Waals surface area (Å²) in [5, 5.41) is 12.4. The number of unbranched alkanes of at least 4 members (excludes halogenated alkanes) is 13. The lowest BCUT2D eigenvalue weighted by atomic mass is 10.0. The lowest BCUT2D eigenvalue weighted by Crippen LogP contribution is -1.99. The van der Waals surface area contributed by atoms with Crippen molar-refractivity contribution in [3.05, 3.63) is 12.8 Å². The summed E-state index contributed by atoms with van der Waals surface area (Å²) in [4.78, 5) is 8.92. The quantitative estimate of drug-likeness (QED) is 0.112. The van der Waals surface area contributed by atoms with Crippen LogP contribution in [0.5, 0.6) is 0 Å². The molecule has 5 heteroatoms. The predicted molar refractivity (Wildman–Crippen MR) is 90.8 cm³/mol. The lowest BCUT2D eigenvalue weighted by Gasteiger charge is -2.03. The Balaban J connectivity index is 2.93. The van der Waals surface area contributed by atoms with Crippen LogP contribution in [-0.4, -0.2) is 6.61 Å². The van der Waals surface area contributed by atoms with E-state index < -0.39 is 0 Å². The first-order chi connectivity index (χ1) is 11.4. The smallest absolute Gasteiger partial charge is 0.125 e. The van der Waals surface area contributed by atoms with Crippen LogP contribution in [0.25, 0.3) is 0 Å². The lowest BCUT2D eigenvalue weighted by molar-refractivity contribution is -0.700. The normalized spacial score (nSPS) is 10.8. The topological polar surface area (TPSA) is 46.2 Å². The van der Waals surface area contributed by atoms with Gasteiger partial charge in [0, 0.05) is 10.1 Å². The van der Waals surface area contributed by atoms with Gasteiger partial charge < -0.3 is 4.89 Å². The Kier molecular flexibility index (Phi) is 20.8. The first kappa shape index (κ1) is 22.4. The summed E-state index contributed by atoms with van der Waals surface area (Å²) in [6.45, 7) is 6.00. The molecule has 0 spiro atoms. The van der Waals surface area contributed by atoms with Gasteiger partial charge in [-0.2, -0.15) is 0 Å². The molecule has 0 N–H and O–H groups in total. The van der Waals surface area contributed by atoms with E-state index in [4.69, 9.17) is 4.89 Å². The van der Waals surface area contributed by atoms with Crippen LogP contribution in [0, 0.1) is 0 Å². The Morgan fingerprint density at radius 1 is 0.609 bits per heavy atom. The number of hydrogen-bond donors (Lipinski definition) is 0. The summed E-state index contributed by atoms with van der Waals surface area (Å²) in [6.07, 6.45) is 19.7. The Hall–Kier alpha value is -0.620. The third kappa shape index (κ3) is 21.4. The zero-order valence-corrected chi connectivity index (χ0v) is 14.9. The van der Waals surface area contributed by atoms with Crippen LogP contribution in [0.1, 0.15) is 96.8 Å². The maximum absolute atomic E-state index is 4.73. The number of hydrogen-bond acceptors (Lipinski definition) is 5. The van der Waals surface area contributed by atoms with Gasteiger partial charge in [0.25, 0.3) is 0 Å². The first-order valence-corrected chi connectivity index (χ1v) is 9.31. The maximum atomic E-state index is 4.73. The van der Waals surface area contributed by atoms with Crippen LogP contribution in [0.4, 0.5) is 0 Å². The van der Waals surface area contributed by atoms with Gasteiger partial charge in [0.05, 0.1) is 6.61 Å². The van der Waals surface area contributed by atoms with Crippen molar-refractivity contribution in [3.63, 3.8) is 0 Å². The fraction of sp³-hybridized carbons (Fsp3) is 0.889. The third-order valence-corrected chi connectivity index (χ3v) is 3.79. The van der Waals surface area contributed by atoms with Crippen LogP contribution < -0.4 is 0 Å². The van der Waals surface area contributed by atoms with Crippen molar-refractivity contribution >= 4 is 0 Å².